The van der Waals surface area contributed by atoms with Crippen molar-refractivity contribution >= 4 is 45.7 Å². The monoisotopic (exact) mass is 372 g/mol. The van der Waals surface area contributed by atoms with Gasteiger partial charge in [-0.15, -0.1) is 10.2 Å². The lowest BCUT2D eigenvalue weighted by molar-refractivity contribution is 0.102. The number of H-pyrrole nitrogens is 2. The Bertz CT molecular complexity index is 1070. The van der Waals surface area contributed by atoms with Crippen molar-refractivity contribution in [3.05, 3.63) is 58.2 Å². The zero-order valence-electron chi connectivity index (χ0n) is 12.5. The predicted octanol–water partition coefficient (Wildman–Crippen LogP) is 3.91. The smallest absolute Gasteiger partial charge is 0.272 e. The van der Waals surface area contributed by atoms with Crippen LogP contribution in [0.15, 0.2) is 42.5 Å². The summed E-state index contributed by atoms with van der Waals surface area (Å²) >= 11 is 12.0. The van der Waals surface area contributed by atoms with Crippen molar-refractivity contribution in [3.8, 4) is 11.4 Å². The van der Waals surface area contributed by atoms with Crippen molar-refractivity contribution in [1.29, 1.82) is 0 Å². The number of amides is 1. The maximum Gasteiger partial charge on any atom is 0.272 e. The first-order chi connectivity index (χ1) is 12.1. The maximum atomic E-state index is 12.6. The van der Waals surface area contributed by atoms with Gasteiger partial charge >= 0.3 is 0 Å². The summed E-state index contributed by atoms with van der Waals surface area (Å²) in [5.74, 6) is 0.0368. The summed E-state index contributed by atoms with van der Waals surface area (Å²) in [6.07, 6.45) is 0. The number of nitrogens with zero attached hydrogens (tertiary/aromatic N) is 3. The van der Waals surface area contributed by atoms with Crippen LogP contribution in [0.3, 0.4) is 0 Å². The van der Waals surface area contributed by atoms with Gasteiger partial charge in [-0.25, -0.2) is 0 Å². The average Bonchev–Trinajstić information content (AvgIpc) is 3.23. The van der Waals surface area contributed by atoms with E-state index in [9.17, 15) is 4.79 Å². The highest BCUT2D eigenvalue weighted by Gasteiger charge is 2.15. The number of rotatable bonds is 3. The summed E-state index contributed by atoms with van der Waals surface area (Å²) in [6, 6.07) is 12.1. The van der Waals surface area contributed by atoms with E-state index < -0.39 is 0 Å². The van der Waals surface area contributed by atoms with Gasteiger partial charge < -0.3 is 10.3 Å². The number of carbonyl (C=O) groups is 1. The Labute approximate surface area is 151 Å². The number of halogens is 2. The molecule has 9 heteroatoms. The van der Waals surface area contributed by atoms with Gasteiger partial charge in [-0.3, -0.25) is 4.79 Å². The van der Waals surface area contributed by atoms with E-state index in [4.69, 9.17) is 23.2 Å². The van der Waals surface area contributed by atoms with Crippen molar-refractivity contribution in [2.24, 2.45) is 0 Å². The lowest BCUT2D eigenvalue weighted by Crippen LogP contribution is -2.13. The first-order valence-electron chi connectivity index (χ1n) is 7.23. The topological polar surface area (TPSA) is 99.3 Å². The summed E-state index contributed by atoms with van der Waals surface area (Å²) in [7, 11) is 0. The molecule has 7 nitrogen and oxygen atoms in total. The van der Waals surface area contributed by atoms with Crippen molar-refractivity contribution in [3.63, 3.8) is 0 Å². The summed E-state index contributed by atoms with van der Waals surface area (Å²) < 4.78 is 0. The van der Waals surface area contributed by atoms with Crippen LogP contribution in [0.25, 0.3) is 22.3 Å². The molecule has 0 saturated carbocycles. The quantitative estimate of drug-likeness (QED) is 0.507. The summed E-state index contributed by atoms with van der Waals surface area (Å²) in [4.78, 5) is 15.7. The van der Waals surface area contributed by atoms with Crippen LogP contribution in [-0.4, -0.2) is 31.5 Å². The van der Waals surface area contributed by atoms with Crippen LogP contribution in [0.2, 0.25) is 10.0 Å². The third-order valence-corrected chi connectivity index (χ3v) is 4.11. The van der Waals surface area contributed by atoms with Gasteiger partial charge in [0.1, 0.15) is 5.69 Å². The van der Waals surface area contributed by atoms with E-state index in [1.807, 2.05) is 6.07 Å². The Morgan fingerprint density at radius 3 is 2.64 bits per heavy atom. The molecule has 0 unspecified atom stereocenters. The Morgan fingerprint density at radius 1 is 1.04 bits per heavy atom. The number of benzene rings is 2. The summed E-state index contributed by atoms with van der Waals surface area (Å²) in [5, 5.41) is 18.5. The molecule has 4 aromatic rings. The number of hydrogen-bond acceptors (Lipinski definition) is 4. The molecule has 2 aromatic heterocycles. The molecule has 124 valence electrons. The molecule has 0 aliphatic rings. The van der Waals surface area contributed by atoms with Crippen LogP contribution in [0, 0.1) is 0 Å². The Balaban J connectivity index is 1.69. The number of aromatic nitrogens is 5. The predicted molar refractivity (Wildman–Crippen MR) is 95.9 cm³/mol. The van der Waals surface area contributed by atoms with Crippen LogP contribution >= 0.6 is 23.2 Å². The van der Waals surface area contributed by atoms with Crippen LogP contribution in [-0.2, 0) is 0 Å². The van der Waals surface area contributed by atoms with Crippen molar-refractivity contribution in [2.45, 2.75) is 0 Å². The number of carbonyl (C=O) groups excluding carboxylic acids is 1. The van der Waals surface area contributed by atoms with Gasteiger partial charge in [-0.2, -0.15) is 5.21 Å². The Kier molecular flexibility index (Phi) is 3.87. The van der Waals surface area contributed by atoms with Gasteiger partial charge in [0.25, 0.3) is 5.91 Å². The molecule has 0 fully saturated rings. The number of anilines is 1. The number of aromatic amines is 2. The second kappa shape index (κ2) is 6.19. The number of hydrogen-bond donors (Lipinski definition) is 3. The Hall–Kier alpha value is -2.90. The third-order valence-electron chi connectivity index (χ3n) is 3.64. The molecule has 2 aromatic carbocycles. The lowest BCUT2D eigenvalue weighted by Gasteiger charge is -2.08. The summed E-state index contributed by atoms with van der Waals surface area (Å²) in [5.41, 5.74) is 2.30. The van der Waals surface area contributed by atoms with Gasteiger partial charge in [0.15, 0.2) is 0 Å². The molecule has 0 spiro atoms. The number of fused-ring (bicyclic) bond motifs is 1. The van der Waals surface area contributed by atoms with Gasteiger partial charge in [0.05, 0.1) is 5.69 Å². The molecule has 4 rings (SSSR count). The first-order valence-corrected chi connectivity index (χ1v) is 7.99. The van der Waals surface area contributed by atoms with Crippen molar-refractivity contribution < 1.29 is 4.79 Å². The first kappa shape index (κ1) is 15.6. The highest BCUT2D eigenvalue weighted by atomic mass is 35.5. The van der Waals surface area contributed by atoms with Gasteiger partial charge in [0.2, 0.25) is 5.82 Å². The van der Waals surface area contributed by atoms with Crippen molar-refractivity contribution in [1.82, 2.24) is 25.6 Å². The van der Waals surface area contributed by atoms with Gasteiger partial charge in [0, 0.05) is 26.5 Å². The SMILES string of the molecule is O=C(Nc1cc(Cl)ccc1-c1nn[nH]n1)c1cc2cc(Cl)ccc2[nH]1. The lowest BCUT2D eigenvalue weighted by atomic mass is 10.1. The molecule has 0 aliphatic carbocycles. The fraction of sp³-hybridized carbons (Fsp3) is 0. The van der Waals surface area contributed by atoms with Gasteiger partial charge in [-0.1, -0.05) is 23.2 Å². The molecule has 0 saturated heterocycles. The van der Waals surface area contributed by atoms with Crippen LogP contribution in [0.4, 0.5) is 5.69 Å². The molecule has 0 bridgehead atoms. The van der Waals surface area contributed by atoms with E-state index >= 15 is 0 Å². The molecule has 25 heavy (non-hydrogen) atoms. The molecular weight excluding hydrogens is 363 g/mol. The maximum absolute atomic E-state index is 12.6. The van der Waals surface area contributed by atoms with Crippen LogP contribution in [0.1, 0.15) is 10.5 Å². The second-order valence-corrected chi connectivity index (χ2v) is 6.17. The zero-order chi connectivity index (χ0) is 17.4. The molecule has 0 radical (unpaired) electrons. The minimum atomic E-state index is -0.320. The molecule has 0 aliphatic heterocycles. The standard InChI is InChI=1S/C16H10Cl2N6O/c17-9-2-4-12-8(5-9)6-14(19-12)16(25)20-13-7-10(18)1-3-11(13)15-21-23-24-22-15/h1-7,19H,(H,20,25)(H,21,22,23,24). The van der Waals surface area contributed by atoms with E-state index in [0.717, 1.165) is 10.9 Å². The summed E-state index contributed by atoms with van der Waals surface area (Å²) in [6.45, 7) is 0. The largest absolute Gasteiger partial charge is 0.351 e. The van der Waals surface area contributed by atoms with Crippen LogP contribution in [0.5, 0.6) is 0 Å². The molecule has 2 heterocycles. The fourth-order valence-electron chi connectivity index (χ4n) is 2.51. The third kappa shape index (κ3) is 3.07. The molecule has 1 amide bonds. The molecule has 3 N–H and O–H groups in total. The second-order valence-electron chi connectivity index (χ2n) is 5.29. The molecule has 0 atom stereocenters. The normalized spacial score (nSPS) is 11.0. The van der Waals surface area contributed by atoms with E-state index in [1.165, 1.54) is 0 Å². The fourth-order valence-corrected chi connectivity index (χ4v) is 2.86. The zero-order valence-corrected chi connectivity index (χ0v) is 14.1. The highest BCUT2D eigenvalue weighted by Crippen LogP contribution is 2.28. The van der Waals surface area contributed by atoms with E-state index in [-0.39, 0.29) is 5.91 Å². The minimum absolute atomic E-state index is 0.320. The average molecular weight is 373 g/mol. The van der Waals surface area contributed by atoms with E-state index in [0.29, 0.717) is 32.8 Å². The molecular formula is C16H10Cl2N6O. The Morgan fingerprint density at radius 2 is 1.84 bits per heavy atom. The van der Waals surface area contributed by atoms with Crippen LogP contribution < -0.4 is 5.32 Å². The van der Waals surface area contributed by atoms with E-state index in [2.05, 4.69) is 30.9 Å². The van der Waals surface area contributed by atoms with E-state index in [1.54, 1.807) is 36.4 Å². The number of tetrazole rings is 1. The van der Waals surface area contributed by atoms with Crippen molar-refractivity contribution in [2.75, 3.05) is 5.32 Å². The van der Waals surface area contributed by atoms with Gasteiger partial charge in [-0.05, 0) is 47.7 Å². The highest BCUT2D eigenvalue weighted by molar-refractivity contribution is 6.31. The number of nitrogens with one attached hydrogen (secondary N) is 3. The minimum Gasteiger partial charge on any atom is -0.351 e.